The zero-order valence-corrected chi connectivity index (χ0v) is 41.2. The maximum atomic E-state index is 5.27. The third-order valence-electron chi connectivity index (χ3n) is 19.1. The molecule has 4 fully saturated rings. The molecule has 6 aromatic carbocycles. The molecule has 4 aliphatic rings. The molecule has 4 nitrogen and oxygen atoms in total. The Morgan fingerprint density at radius 3 is 2.03 bits per heavy atom. The van der Waals surface area contributed by atoms with E-state index in [9.17, 15) is 0 Å². The number of para-hydroxylation sites is 1. The lowest BCUT2D eigenvalue weighted by molar-refractivity contribution is -0.117. The summed E-state index contributed by atoms with van der Waals surface area (Å²) >= 11 is 0. The number of hydrogen-bond acceptors (Lipinski definition) is 3. The van der Waals surface area contributed by atoms with E-state index in [1.54, 1.807) is 0 Å². The molecule has 0 spiro atoms. The Hall–Kier alpha value is -5.61. The minimum absolute atomic E-state index is 0.489. The highest BCUT2D eigenvalue weighted by atomic mass is 15.0. The van der Waals surface area contributed by atoms with Gasteiger partial charge in [0.05, 0.1) is 11.0 Å². The summed E-state index contributed by atoms with van der Waals surface area (Å²) in [6.45, 7) is 12.9. The van der Waals surface area contributed by atoms with Gasteiger partial charge >= 0.3 is 0 Å². The summed E-state index contributed by atoms with van der Waals surface area (Å²) in [5.74, 6) is 8.98. The number of nitrogens with zero attached hydrogens (tertiary/aromatic N) is 4. The fourth-order valence-corrected chi connectivity index (χ4v) is 15.6. The Bertz CT molecular complexity index is 3110. The van der Waals surface area contributed by atoms with E-state index in [-0.39, 0.29) is 0 Å². The minimum atomic E-state index is 0.489. The Morgan fingerprint density at radius 1 is 0.559 bits per heavy atom. The summed E-state index contributed by atoms with van der Waals surface area (Å²) in [6.07, 6.45) is 17.1. The molecule has 0 N–H and O–H groups in total. The second-order valence-corrected chi connectivity index (χ2v) is 23.0. The van der Waals surface area contributed by atoms with Gasteiger partial charge in [0.25, 0.3) is 0 Å². The standard InChI is InChI=1S/C64H70N4/c1-41(2)15-13-16-42(3)55-33-34-56-54-32-30-49-39-47(35-37-63(49,4)57(54)36-38-64(55,56)5)43-25-27-46(28-26-43)61-65-60(45-18-7-6-8-19-45)66-62(67-61)48-20-14-21-50(40-48)68-58-24-12-11-23-52(58)53-31-29-44-17-9-10-22-51(44)59(53)68/h6-12,14,17-29,31,40-42,47,49,54-57H,13,15-16,30,32-39H2,1-5H3/t42-,47?,49?,54?,55?,56?,57?,63?,64?/m1/s1. The maximum absolute atomic E-state index is 5.27. The second-order valence-electron chi connectivity index (χ2n) is 23.0. The summed E-state index contributed by atoms with van der Waals surface area (Å²) in [5, 5.41) is 4.97. The highest BCUT2D eigenvalue weighted by Crippen LogP contribution is 2.69. The number of fused-ring (bicyclic) bond motifs is 10. The van der Waals surface area contributed by atoms with E-state index in [1.165, 1.54) is 115 Å². The van der Waals surface area contributed by atoms with Crippen molar-refractivity contribution in [2.24, 2.45) is 52.3 Å². The molecule has 2 aromatic heterocycles. The summed E-state index contributed by atoms with van der Waals surface area (Å²) in [5.41, 5.74) is 9.02. The third kappa shape index (κ3) is 7.42. The van der Waals surface area contributed by atoms with E-state index in [2.05, 4.69) is 179 Å². The summed E-state index contributed by atoms with van der Waals surface area (Å²) in [6, 6.07) is 50.5. The van der Waals surface area contributed by atoms with Crippen molar-refractivity contribution in [1.82, 2.24) is 19.5 Å². The monoisotopic (exact) mass is 895 g/mol. The van der Waals surface area contributed by atoms with Crippen molar-refractivity contribution in [2.45, 2.75) is 118 Å². The van der Waals surface area contributed by atoms with Crippen LogP contribution in [0.3, 0.4) is 0 Å². The average molecular weight is 895 g/mol. The lowest BCUT2D eigenvalue weighted by atomic mass is 9.43. The van der Waals surface area contributed by atoms with Gasteiger partial charge in [-0.1, -0.05) is 175 Å². The van der Waals surface area contributed by atoms with Gasteiger partial charge in [-0.15, -0.1) is 0 Å². The van der Waals surface area contributed by atoms with Crippen molar-refractivity contribution in [2.75, 3.05) is 0 Å². The Kier molecular flexibility index (Phi) is 11.2. The van der Waals surface area contributed by atoms with E-state index in [0.29, 0.717) is 34.2 Å². The summed E-state index contributed by atoms with van der Waals surface area (Å²) in [4.78, 5) is 15.6. The van der Waals surface area contributed by atoms with Gasteiger partial charge in [0.2, 0.25) is 0 Å². The van der Waals surface area contributed by atoms with Crippen LogP contribution in [0.15, 0.2) is 140 Å². The largest absolute Gasteiger partial charge is 0.309 e. The molecule has 4 aliphatic carbocycles. The fourth-order valence-electron chi connectivity index (χ4n) is 15.6. The molecule has 0 amide bonds. The van der Waals surface area contributed by atoms with Gasteiger partial charge in [0.1, 0.15) is 0 Å². The van der Waals surface area contributed by atoms with Crippen LogP contribution in [0.1, 0.15) is 123 Å². The summed E-state index contributed by atoms with van der Waals surface area (Å²) < 4.78 is 2.42. The van der Waals surface area contributed by atoms with Gasteiger partial charge in [-0.05, 0) is 145 Å². The highest BCUT2D eigenvalue weighted by Gasteiger charge is 2.60. The topological polar surface area (TPSA) is 43.6 Å². The zero-order chi connectivity index (χ0) is 46.1. The van der Waals surface area contributed by atoms with Crippen molar-refractivity contribution in [1.29, 1.82) is 0 Å². The van der Waals surface area contributed by atoms with Crippen molar-refractivity contribution >= 4 is 32.6 Å². The van der Waals surface area contributed by atoms with Crippen LogP contribution < -0.4 is 0 Å². The van der Waals surface area contributed by atoms with Gasteiger partial charge in [-0.2, -0.15) is 0 Å². The van der Waals surface area contributed by atoms with E-state index >= 15 is 0 Å². The minimum Gasteiger partial charge on any atom is -0.309 e. The lowest BCUT2D eigenvalue weighted by Crippen LogP contribution is -2.53. The molecule has 0 aliphatic heterocycles. The average Bonchev–Trinajstić information content (AvgIpc) is 3.92. The molecule has 0 radical (unpaired) electrons. The van der Waals surface area contributed by atoms with Gasteiger partial charge in [-0.25, -0.2) is 15.0 Å². The molecule has 8 unspecified atom stereocenters. The quantitative estimate of drug-likeness (QED) is 0.137. The van der Waals surface area contributed by atoms with E-state index in [4.69, 9.17) is 15.0 Å². The number of aromatic nitrogens is 4. The van der Waals surface area contributed by atoms with E-state index < -0.39 is 0 Å². The van der Waals surface area contributed by atoms with Crippen molar-refractivity contribution in [3.05, 3.63) is 145 Å². The lowest BCUT2D eigenvalue weighted by Gasteiger charge is -2.61. The van der Waals surface area contributed by atoms with E-state index in [1.807, 2.05) is 0 Å². The van der Waals surface area contributed by atoms with Gasteiger partial charge in [-0.3, -0.25) is 0 Å². The van der Waals surface area contributed by atoms with Gasteiger partial charge in [0.15, 0.2) is 17.5 Å². The number of hydrogen-bond donors (Lipinski definition) is 0. The molecule has 4 heteroatoms. The molecule has 8 aromatic rings. The van der Waals surface area contributed by atoms with Crippen LogP contribution in [-0.2, 0) is 0 Å². The van der Waals surface area contributed by atoms with Crippen LogP contribution in [0.25, 0.3) is 72.4 Å². The SMILES string of the molecule is CC(C)CCC[C@@H](C)C1CCC2C3CCC4CC(c5ccc(-c6nc(-c7ccccc7)nc(-c7cccc(-n8c9ccccc9c9ccc%10ccccc%10c98)c7)n6)cc5)CCC4(C)C3CCC21C. The first-order valence-electron chi connectivity index (χ1n) is 26.6. The number of benzene rings is 6. The molecule has 0 saturated heterocycles. The van der Waals surface area contributed by atoms with Crippen molar-refractivity contribution in [3.63, 3.8) is 0 Å². The molecular formula is C64H70N4. The molecule has 9 atom stereocenters. The normalized spacial score (nSPS) is 27.3. The Balaban J connectivity index is 0.812. The summed E-state index contributed by atoms with van der Waals surface area (Å²) in [7, 11) is 0. The van der Waals surface area contributed by atoms with Crippen LogP contribution in [0.4, 0.5) is 0 Å². The molecule has 4 saturated carbocycles. The smallest absolute Gasteiger partial charge is 0.164 e. The number of rotatable bonds is 10. The zero-order valence-electron chi connectivity index (χ0n) is 41.2. The molecule has 12 rings (SSSR count). The Morgan fingerprint density at radius 2 is 1.24 bits per heavy atom. The first kappa shape index (κ1) is 43.7. The van der Waals surface area contributed by atoms with Crippen LogP contribution >= 0.6 is 0 Å². The predicted molar refractivity (Wildman–Crippen MR) is 284 cm³/mol. The predicted octanol–water partition coefficient (Wildman–Crippen LogP) is 17.3. The first-order chi connectivity index (χ1) is 33.2. The first-order valence-corrected chi connectivity index (χ1v) is 26.6. The van der Waals surface area contributed by atoms with Gasteiger partial charge in [0, 0.05) is 38.5 Å². The Labute approximate surface area is 405 Å². The molecule has 346 valence electrons. The van der Waals surface area contributed by atoms with Crippen LogP contribution in [0.5, 0.6) is 0 Å². The van der Waals surface area contributed by atoms with Crippen LogP contribution in [-0.4, -0.2) is 19.5 Å². The molecule has 2 heterocycles. The van der Waals surface area contributed by atoms with Crippen molar-refractivity contribution in [3.8, 4) is 39.9 Å². The third-order valence-corrected chi connectivity index (χ3v) is 19.1. The van der Waals surface area contributed by atoms with Crippen molar-refractivity contribution < 1.29 is 0 Å². The van der Waals surface area contributed by atoms with E-state index in [0.717, 1.165) is 63.8 Å². The van der Waals surface area contributed by atoms with Crippen LogP contribution in [0.2, 0.25) is 0 Å². The second kappa shape index (κ2) is 17.4. The van der Waals surface area contributed by atoms with Gasteiger partial charge < -0.3 is 4.57 Å². The molecule has 68 heavy (non-hydrogen) atoms. The molecule has 0 bridgehead atoms. The van der Waals surface area contributed by atoms with Crippen LogP contribution in [0, 0.1) is 52.3 Å². The molecular weight excluding hydrogens is 825 g/mol. The maximum Gasteiger partial charge on any atom is 0.164 e. The highest BCUT2D eigenvalue weighted by molar-refractivity contribution is 6.18. The fraction of sp³-hybridized carbons (Fsp3) is 0.422.